The van der Waals surface area contributed by atoms with E-state index in [1.54, 1.807) is 31.4 Å². The third kappa shape index (κ3) is 2.48. The van der Waals surface area contributed by atoms with Gasteiger partial charge in [-0.05, 0) is 31.2 Å². The lowest BCUT2D eigenvalue weighted by atomic mass is 10.1. The van der Waals surface area contributed by atoms with Gasteiger partial charge in [0.1, 0.15) is 5.75 Å². The van der Waals surface area contributed by atoms with E-state index in [0.717, 1.165) is 5.75 Å². The normalized spacial score (nSPS) is 10.1. The summed E-state index contributed by atoms with van der Waals surface area (Å²) in [7, 11) is 1.59. The van der Waals surface area contributed by atoms with E-state index in [9.17, 15) is 4.79 Å². The second kappa shape index (κ2) is 5.31. The fourth-order valence-electron chi connectivity index (χ4n) is 1.52. The molecule has 6 nitrogen and oxygen atoms in total. The van der Waals surface area contributed by atoms with Crippen LogP contribution < -0.4 is 15.6 Å². The monoisotopic (exact) mass is 246 g/mol. The molecule has 0 fully saturated rings. The van der Waals surface area contributed by atoms with Crippen molar-refractivity contribution in [1.82, 2.24) is 15.2 Å². The van der Waals surface area contributed by atoms with Crippen LogP contribution in [0.3, 0.4) is 0 Å². The standard InChI is InChI=1S/C12H14N4O2/c1-3-13-12-14-11(17)10(15-16-12)8-4-6-9(18-2)7-5-8/h4-7H,3H2,1-2H3,(H2,13,14,16,17). The molecule has 0 amide bonds. The first-order valence-corrected chi connectivity index (χ1v) is 5.60. The molecule has 2 rings (SSSR count). The van der Waals surface area contributed by atoms with Crippen molar-refractivity contribution >= 4 is 5.95 Å². The van der Waals surface area contributed by atoms with Gasteiger partial charge < -0.3 is 10.1 Å². The number of benzene rings is 1. The Morgan fingerprint density at radius 2 is 2.00 bits per heavy atom. The SMILES string of the molecule is CCNc1nnc(-c2ccc(OC)cc2)c(=O)[nH]1. The van der Waals surface area contributed by atoms with Crippen LogP contribution in [0.4, 0.5) is 5.95 Å². The molecule has 94 valence electrons. The predicted octanol–water partition coefficient (Wildman–Crippen LogP) is 1.27. The Morgan fingerprint density at radius 1 is 1.28 bits per heavy atom. The van der Waals surface area contributed by atoms with Gasteiger partial charge in [0.15, 0.2) is 5.69 Å². The highest BCUT2D eigenvalue weighted by molar-refractivity contribution is 5.58. The van der Waals surface area contributed by atoms with Crippen LogP contribution in [0, 0.1) is 0 Å². The molecule has 0 spiro atoms. The average molecular weight is 246 g/mol. The summed E-state index contributed by atoms with van der Waals surface area (Å²) in [5.41, 5.74) is 0.720. The molecule has 0 saturated heterocycles. The maximum atomic E-state index is 11.8. The van der Waals surface area contributed by atoms with E-state index in [4.69, 9.17) is 4.74 Å². The molecule has 2 N–H and O–H groups in total. The van der Waals surface area contributed by atoms with E-state index in [0.29, 0.717) is 23.8 Å². The van der Waals surface area contributed by atoms with Gasteiger partial charge in [-0.1, -0.05) is 0 Å². The Bertz CT molecular complexity index is 577. The molecule has 0 bridgehead atoms. The van der Waals surface area contributed by atoms with Gasteiger partial charge in [-0.2, -0.15) is 0 Å². The lowest BCUT2D eigenvalue weighted by molar-refractivity contribution is 0.415. The van der Waals surface area contributed by atoms with Gasteiger partial charge >= 0.3 is 0 Å². The van der Waals surface area contributed by atoms with E-state index in [1.165, 1.54) is 0 Å². The maximum Gasteiger partial charge on any atom is 0.279 e. The zero-order valence-corrected chi connectivity index (χ0v) is 10.2. The molecule has 2 aromatic rings. The molecular formula is C12H14N4O2. The van der Waals surface area contributed by atoms with Gasteiger partial charge in [-0.3, -0.25) is 9.78 Å². The van der Waals surface area contributed by atoms with Gasteiger partial charge in [0.25, 0.3) is 5.56 Å². The summed E-state index contributed by atoms with van der Waals surface area (Å²) in [4.78, 5) is 14.5. The molecule has 0 unspecified atom stereocenters. The summed E-state index contributed by atoms with van der Waals surface area (Å²) in [5, 5.41) is 10.7. The first-order chi connectivity index (χ1) is 8.74. The largest absolute Gasteiger partial charge is 0.497 e. The zero-order chi connectivity index (χ0) is 13.0. The molecule has 0 aliphatic carbocycles. The van der Waals surface area contributed by atoms with Crippen molar-refractivity contribution in [3.8, 4) is 17.0 Å². The van der Waals surface area contributed by atoms with Gasteiger partial charge in [0.2, 0.25) is 5.95 Å². The molecule has 0 aliphatic heterocycles. The summed E-state index contributed by atoms with van der Waals surface area (Å²) in [6, 6.07) is 7.08. The second-order valence-corrected chi connectivity index (χ2v) is 3.61. The molecule has 0 saturated carbocycles. The Hall–Kier alpha value is -2.37. The zero-order valence-electron chi connectivity index (χ0n) is 10.2. The summed E-state index contributed by atoms with van der Waals surface area (Å²) in [5.74, 6) is 1.10. The number of H-pyrrole nitrogens is 1. The van der Waals surface area contributed by atoms with Crippen molar-refractivity contribution in [1.29, 1.82) is 0 Å². The molecule has 1 aromatic carbocycles. The lowest BCUT2D eigenvalue weighted by Crippen LogP contribution is -2.16. The summed E-state index contributed by atoms with van der Waals surface area (Å²) in [6.07, 6.45) is 0. The van der Waals surface area contributed by atoms with Crippen molar-refractivity contribution in [3.05, 3.63) is 34.6 Å². The Morgan fingerprint density at radius 3 is 2.56 bits per heavy atom. The van der Waals surface area contributed by atoms with Crippen LogP contribution in [0.15, 0.2) is 29.1 Å². The molecule has 0 radical (unpaired) electrons. The van der Waals surface area contributed by atoms with Crippen molar-refractivity contribution in [2.24, 2.45) is 0 Å². The minimum Gasteiger partial charge on any atom is -0.497 e. The maximum absolute atomic E-state index is 11.8. The number of hydrogen-bond donors (Lipinski definition) is 2. The number of methoxy groups -OCH3 is 1. The first kappa shape index (κ1) is 12.1. The first-order valence-electron chi connectivity index (χ1n) is 5.60. The molecule has 1 heterocycles. The number of ether oxygens (including phenoxy) is 1. The molecule has 6 heteroatoms. The number of aromatic nitrogens is 3. The molecular weight excluding hydrogens is 232 g/mol. The van der Waals surface area contributed by atoms with E-state index in [2.05, 4.69) is 20.5 Å². The van der Waals surface area contributed by atoms with Crippen LogP contribution in [0.1, 0.15) is 6.92 Å². The second-order valence-electron chi connectivity index (χ2n) is 3.61. The van der Waals surface area contributed by atoms with Crippen molar-refractivity contribution in [3.63, 3.8) is 0 Å². The Kier molecular flexibility index (Phi) is 3.57. The van der Waals surface area contributed by atoms with E-state index in [-0.39, 0.29) is 5.56 Å². The third-order valence-corrected chi connectivity index (χ3v) is 2.40. The molecule has 18 heavy (non-hydrogen) atoms. The summed E-state index contributed by atoms with van der Waals surface area (Å²) >= 11 is 0. The quantitative estimate of drug-likeness (QED) is 0.849. The number of rotatable bonds is 4. The van der Waals surface area contributed by atoms with Crippen LogP contribution >= 0.6 is 0 Å². The van der Waals surface area contributed by atoms with E-state index in [1.807, 2.05) is 6.92 Å². The van der Waals surface area contributed by atoms with E-state index >= 15 is 0 Å². The van der Waals surface area contributed by atoms with Crippen molar-refractivity contribution in [2.45, 2.75) is 6.92 Å². The smallest absolute Gasteiger partial charge is 0.279 e. The number of anilines is 1. The average Bonchev–Trinajstić information content (AvgIpc) is 2.40. The molecule has 1 aromatic heterocycles. The highest BCUT2D eigenvalue weighted by atomic mass is 16.5. The highest BCUT2D eigenvalue weighted by Crippen LogP contribution is 2.17. The topological polar surface area (TPSA) is 79.9 Å². The van der Waals surface area contributed by atoms with Crippen LogP contribution in [-0.4, -0.2) is 28.8 Å². The third-order valence-electron chi connectivity index (χ3n) is 2.40. The molecule has 0 atom stereocenters. The van der Waals surface area contributed by atoms with Crippen LogP contribution in [0.25, 0.3) is 11.3 Å². The number of nitrogens with zero attached hydrogens (tertiary/aromatic N) is 2. The number of hydrogen-bond acceptors (Lipinski definition) is 5. The Balaban J connectivity index is 2.35. The van der Waals surface area contributed by atoms with Crippen LogP contribution in [-0.2, 0) is 0 Å². The van der Waals surface area contributed by atoms with Crippen LogP contribution in [0.2, 0.25) is 0 Å². The van der Waals surface area contributed by atoms with Gasteiger partial charge in [0.05, 0.1) is 7.11 Å². The minimum atomic E-state index is -0.272. The number of nitrogens with one attached hydrogen (secondary N) is 2. The predicted molar refractivity (Wildman–Crippen MR) is 68.8 cm³/mol. The number of aromatic amines is 1. The van der Waals surface area contributed by atoms with Gasteiger partial charge in [-0.15, -0.1) is 10.2 Å². The van der Waals surface area contributed by atoms with Crippen LogP contribution in [0.5, 0.6) is 5.75 Å². The fourth-order valence-corrected chi connectivity index (χ4v) is 1.52. The lowest BCUT2D eigenvalue weighted by Gasteiger charge is -2.03. The fraction of sp³-hybridized carbons (Fsp3) is 0.250. The van der Waals surface area contributed by atoms with Gasteiger partial charge in [-0.25, -0.2) is 0 Å². The van der Waals surface area contributed by atoms with E-state index < -0.39 is 0 Å². The molecule has 0 aliphatic rings. The minimum absolute atomic E-state index is 0.272. The van der Waals surface area contributed by atoms with Crippen molar-refractivity contribution in [2.75, 3.05) is 19.0 Å². The van der Waals surface area contributed by atoms with Crippen molar-refractivity contribution < 1.29 is 4.74 Å². The summed E-state index contributed by atoms with van der Waals surface area (Å²) < 4.78 is 5.05. The highest BCUT2D eigenvalue weighted by Gasteiger charge is 2.07. The summed E-state index contributed by atoms with van der Waals surface area (Å²) in [6.45, 7) is 2.59. The van der Waals surface area contributed by atoms with Gasteiger partial charge in [0, 0.05) is 12.1 Å². The Labute approximate surface area is 104 Å².